The van der Waals surface area contributed by atoms with Crippen LogP contribution in [0.1, 0.15) is 6.92 Å². The largest absolute Gasteiger partial charge is 0.477 e. The van der Waals surface area contributed by atoms with Crippen LogP contribution in [-0.4, -0.2) is 56.1 Å². The Morgan fingerprint density at radius 1 is 1.55 bits per heavy atom. The van der Waals surface area contributed by atoms with Crippen LogP contribution in [0.2, 0.25) is 0 Å². The molecule has 0 spiro atoms. The third-order valence-electron chi connectivity index (χ3n) is 3.16. The molecule has 0 aromatic carbocycles. The van der Waals surface area contributed by atoms with Crippen molar-refractivity contribution in [3.63, 3.8) is 0 Å². The van der Waals surface area contributed by atoms with Crippen molar-refractivity contribution in [1.82, 2.24) is 4.90 Å². The second-order valence-corrected chi connectivity index (χ2v) is 6.90. The SMILES string of the molecule is CC(=O)OCC1=C(C(=O)O)N2C(=O)C(Br)(C(F)(F)F)[C@H]2SC1. The third kappa shape index (κ3) is 2.39. The van der Waals surface area contributed by atoms with Crippen molar-refractivity contribution in [2.45, 2.75) is 22.8 Å². The van der Waals surface area contributed by atoms with Crippen LogP contribution in [0.15, 0.2) is 11.3 Å². The molecular weight excluding hydrogens is 395 g/mol. The number of amides is 1. The average molecular weight is 404 g/mol. The van der Waals surface area contributed by atoms with Gasteiger partial charge in [0.25, 0.3) is 5.91 Å². The first kappa shape index (κ1) is 17.1. The monoisotopic (exact) mass is 403 g/mol. The number of hydrogen-bond acceptors (Lipinski definition) is 5. The molecule has 1 fully saturated rings. The molecule has 2 heterocycles. The fourth-order valence-electron chi connectivity index (χ4n) is 2.14. The predicted molar refractivity (Wildman–Crippen MR) is 72.1 cm³/mol. The minimum atomic E-state index is -4.85. The minimum absolute atomic E-state index is 0.0778. The molecular formula is C11H9BrF3NO5S. The van der Waals surface area contributed by atoms with Crippen molar-refractivity contribution in [3.8, 4) is 0 Å². The number of hydrogen-bond donors (Lipinski definition) is 1. The molecule has 1 N–H and O–H groups in total. The number of carbonyl (C=O) groups is 3. The molecule has 1 amide bonds. The van der Waals surface area contributed by atoms with Gasteiger partial charge in [-0.2, -0.15) is 13.2 Å². The lowest BCUT2D eigenvalue weighted by molar-refractivity contribution is -0.200. The van der Waals surface area contributed by atoms with Crippen LogP contribution in [0.3, 0.4) is 0 Å². The van der Waals surface area contributed by atoms with Crippen LogP contribution in [-0.2, 0) is 19.1 Å². The maximum Gasteiger partial charge on any atom is 0.415 e. The zero-order valence-corrected chi connectivity index (χ0v) is 13.3. The van der Waals surface area contributed by atoms with Crippen LogP contribution in [0, 0.1) is 0 Å². The Morgan fingerprint density at radius 3 is 2.59 bits per heavy atom. The summed E-state index contributed by atoms with van der Waals surface area (Å²) in [6.07, 6.45) is -4.85. The molecule has 122 valence electrons. The minimum Gasteiger partial charge on any atom is -0.477 e. The Bertz CT molecular complexity index is 593. The summed E-state index contributed by atoms with van der Waals surface area (Å²) in [5.74, 6) is -3.69. The lowest BCUT2D eigenvalue weighted by atomic mass is 9.94. The summed E-state index contributed by atoms with van der Waals surface area (Å²) in [6.45, 7) is 0.726. The molecule has 2 aliphatic rings. The summed E-state index contributed by atoms with van der Waals surface area (Å²) < 4.78 is 41.0. The first-order valence-electron chi connectivity index (χ1n) is 5.81. The van der Waals surface area contributed by atoms with Gasteiger partial charge in [0, 0.05) is 18.2 Å². The van der Waals surface area contributed by atoms with Crippen molar-refractivity contribution < 1.29 is 37.4 Å². The first-order chi connectivity index (χ1) is 10.0. The first-order valence-corrected chi connectivity index (χ1v) is 7.65. The van der Waals surface area contributed by atoms with E-state index in [2.05, 4.69) is 20.7 Å². The quantitative estimate of drug-likeness (QED) is 0.436. The number of carbonyl (C=O) groups excluding carboxylic acids is 2. The maximum atomic E-state index is 13.0. The number of esters is 1. The number of ether oxygens (including phenoxy) is 1. The summed E-state index contributed by atoms with van der Waals surface area (Å²) in [4.78, 5) is 34.6. The number of alkyl halides is 4. The molecule has 2 aliphatic heterocycles. The Kier molecular flexibility index (Phi) is 4.24. The fourth-order valence-corrected chi connectivity index (χ4v) is 4.33. The van der Waals surface area contributed by atoms with Gasteiger partial charge in [-0.25, -0.2) is 4.79 Å². The normalized spacial score (nSPS) is 28.1. The van der Waals surface area contributed by atoms with Crippen LogP contribution >= 0.6 is 27.7 Å². The molecule has 0 bridgehead atoms. The Labute approximate surface area is 134 Å². The summed E-state index contributed by atoms with van der Waals surface area (Å²) in [5, 5.41) is 7.78. The molecule has 11 heteroatoms. The van der Waals surface area contributed by atoms with Crippen LogP contribution < -0.4 is 0 Å². The van der Waals surface area contributed by atoms with E-state index in [0.717, 1.165) is 18.7 Å². The number of fused-ring (bicyclic) bond motifs is 1. The average Bonchev–Trinajstić information content (AvgIpc) is 2.41. The van der Waals surface area contributed by atoms with Crippen molar-refractivity contribution >= 4 is 45.5 Å². The molecule has 0 aromatic rings. The number of carboxylic acids is 1. The molecule has 0 aliphatic carbocycles. The number of halogens is 4. The highest BCUT2D eigenvalue weighted by Gasteiger charge is 2.75. The van der Waals surface area contributed by atoms with E-state index in [1.54, 1.807) is 0 Å². The molecule has 2 rings (SSSR count). The second-order valence-electron chi connectivity index (χ2n) is 4.59. The summed E-state index contributed by atoms with van der Waals surface area (Å²) >= 11 is 3.17. The van der Waals surface area contributed by atoms with Crippen molar-refractivity contribution in [3.05, 3.63) is 11.3 Å². The summed E-state index contributed by atoms with van der Waals surface area (Å²) in [6, 6.07) is 0. The van der Waals surface area contributed by atoms with Gasteiger partial charge in [0.05, 0.1) is 0 Å². The Balaban J connectivity index is 2.37. The van der Waals surface area contributed by atoms with Crippen LogP contribution in [0.4, 0.5) is 13.2 Å². The lowest BCUT2D eigenvalue weighted by Gasteiger charge is -2.54. The highest BCUT2D eigenvalue weighted by molar-refractivity contribution is 9.10. The smallest absolute Gasteiger partial charge is 0.415 e. The van der Waals surface area contributed by atoms with Gasteiger partial charge in [-0.05, 0) is 0 Å². The van der Waals surface area contributed by atoms with Gasteiger partial charge in [-0.3, -0.25) is 14.5 Å². The van der Waals surface area contributed by atoms with Crippen LogP contribution in [0.5, 0.6) is 0 Å². The second kappa shape index (κ2) is 5.44. The molecule has 6 nitrogen and oxygen atoms in total. The predicted octanol–water partition coefficient (Wildman–Crippen LogP) is 1.50. The number of nitrogens with zero attached hydrogens (tertiary/aromatic N) is 1. The van der Waals surface area contributed by atoms with Crippen molar-refractivity contribution in [2.24, 2.45) is 0 Å². The van der Waals surface area contributed by atoms with Crippen molar-refractivity contribution in [2.75, 3.05) is 12.4 Å². The zero-order valence-electron chi connectivity index (χ0n) is 10.9. The molecule has 0 saturated carbocycles. The van der Waals surface area contributed by atoms with Gasteiger partial charge in [0.1, 0.15) is 17.7 Å². The van der Waals surface area contributed by atoms with Gasteiger partial charge < -0.3 is 9.84 Å². The summed E-state index contributed by atoms with van der Waals surface area (Å²) in [7, 11) is 0. The molecule has 0 radical (unpaired) electrons. The zero-order chi connectivity index (χ0) is 16.9. The lowest BCUT2D eigenvalue weighted by Crippen LogP contribution is -2.76. The molecule has 2 atom stereocenters. The molecule has 0 aromatic heterocycles. The Morgan fingerprint density at radius 2 is 2.14 bits per heavy atom. The van der Waals surface area contributed by atoms with E-state index < -0.39 is 39.4 Å². The van der Waals surface area contributed by atoms with Gasteiger partial charge in [0.2, 0.25) is 4.32 Å². The van der Waals surface area contributed by atoms with E-state index in [1.807, 2.05) is 0 Å². The van der Waals surface area contributed by atoms with E-state index >= 15 is 0 Å². The fraction of sp³-hybridized carbons (Fsp3) is 0.545. The van der Waals surface area contributed by atoms with Gasteiger partial charge in [-0.1, -0.05) is 15.9 Å². The van der Waals surface area contributed by atoms with E-state index in [4.69, 9.17) is 0 Å². The maximum absolute atomic E-state index is 13.0. The van der Waals surface area contributed by atoms with Crippen LogP contribution in [0.25, 0.3) is 0 Å². The topological polar surface area (TPSA) is 83.9 Å². The molecule has 1 unspecified atom stereocenters. The number of β-lactam (4-membered cyclic amide) rings is 1. The third-order valence-corrected chi connectivity index (χ3v) is 6.08. The van der Waals surface area contributed by atoms with Crippen molar-refractivity contribution in [1.29, 1.82) is 0 Å². The Hall–Kier alpha value is -1.23. The summed E-state index contributed by atoms with van der Waals surface area (Å²) in [5.41, 5.74) is -0.483. The van der Waals surface area contributed by atoms with Gasteiger partial charge in [-0.15, -0.1) is 11.8 Å². The van der Waals surface area contributed by atoms with Gasteiger partial charge in [0.15, 0.2) is 0 Å². The molecule has 1 saturated heterocycles. The van der Waals surface area contributed by atoms with E-state index in [0.29, 0.717) is 4.90 Å². The number of rotatable bonds is 3. The highest BCUT2D eigenvalue weighted by Crippen LogP contribution is 2.57. The number of thioether (sulfide) groups is 1. The highest BCUT2D eigenvalue weighted by atomic mass is 79.9. The van der Waals surface area contributed by atoms with E-state index in [1.165, 1.54) is 0 Å². The van der Waals surface area contributed by atoms with E-state index in [-0.39, 0.29) is 17.9 Å². The van der Waals surface area contributed by atoms with Gasteiger partial charge >= 0.3 is 18.1 Å². The molecule has 22 heavy (non-hydrogen) atoms. The number of carboxylic acid groups (broad SMARTS) is 1. The number of aliphatic carboxylic acids is 1. The standard InChI is InChI=1S/C11H9BrF3NO5S/c1-4(17)21-2-5-3-22-9-10(12,11(13,14)15)8(20)16(9)6(5)7(18)19/h9H,2-3H2,1H3,(H,18,19)/t9-,10?/m1/s1. The van der Waals surface area contributed by atoms with E-state index in [9.17, 15) is 32.7 Å².